The Bertz CT molecular complexity index is 792. The zero-order chi connectivity index (χ0) is 14.1. The van der Waals surface area contributed by atoms with E-state index in [1.54, 1.807) is 30.3 Å². The molecule has 0 atom stereocenters. The van der Waals surface area contributed by atoms with Crippen LogP contribution in [0, 0.1) is 0 Å². The molecule has 20 heavy (non-hydrogen) atoms. The minimum atomic E-state index is -0.956. The average Bonchev–Trinajstić information content (AvgIpc) is 2.90. The summed E-state index contributed by atoms with van der Waals surface area (Å²) in [6.07, 6.45) is 1.81. The average molecular weight is 269 g/mol. The third kappa shape index (κ3) is 2.05. The van der Waals surface area contributed by atoms with E-state index in [2.05, 4.69) is 4.98 Å². The summed E-state index contributed by atoms with van der Waals surface area (Å²) in [6.45, 7) is -0.501. The van der Waals surface area contributed by atoms with Gasteiger partial charge in [-0.15, -0.1) is 0 Å². The lowest BCUT2D eigenvalue weighted by atomic mass is 10.0. The van der Waals surface area contributed by atoms with Crippen molar-refractivity contribution >= 4 is 16.9 Å². The smallest absolute Gasteiger partial charge is 0.335 e. The van der Waals surface area contributed by atoms with Gasteiger partial charge in [0, 0.05) is 22.7 Å². The van der Waals surface area contributed by atoms with Gasteiger partial charge in [0.1, 0.15) is 6.67 Å². The lowest BCUT2D eigenvalue weighted by Crippen LogP contribution is -1.94. The van der Waals surface area contributed by atoms with Crippen molar-refractivity contribution in [1.29, 1.82) is 0 Å². The summed E-state index contributed by atoms with van der Waals surface area (Å²) in [7, 11) is 0. The van der Waals surface area contributed by atoms with Crippen LogP contribution in [0.25, 0.3) is 22.0 Å². The molecule has 0 radical (unpaired) electrons. The minimum absolute atomic E-state index is 0.239. The zero-order valence-electron chi connectivity index (χ0n) is 10.6. The summed E-state index contributed by atoms with van der Waals surface area (Å²) in [5.74, 6) is -0.956. The van der Waals surface area contributed by atoms with E-state index >= 15 is 0 Å². The van der Waals surface area contributed by atoms with Crippen LogP contribution in [0.1, 0.15) is 15.9 Å². The highest BCUT2D eigenvalue weighted by atomic mass is 19.1. The van der Waals surface area contributed by atoms with E-state index in [4.69, 9.17) is 5.11 Å². The number of carbonyl (C=O) groups is 1. The Morgan fingerprint density at radius 1 is 1.20 bits per heavy atom. The molecule has 3 rings (SSSR count). The Hall–Kier alpha value is -2.62. The largest absolute Gasteiger partial charge is 0.478 e. The molecule has 4 heteroatoms. The van der Waals surface area contributed by atoms with Crippen molar-refractivity contribution in [3.8, 4) is 11.1 Å². The quantitative estimate of drug-likeness (QED) is 0.755. The van der Waals surface area contributed by atoms with Crippen molar-refractivity contribution in [3.63, 3.8) is 0 Å². The molecule has 0 aliphatic carbocycles. The van der Waals surface area contributed by atoms with Crippen LogP contribution in [0.2, 0.25) is 0 Å². The van der Waals surface area contributed by atoms with Crippen LogP contribution in [-0.4, -0.2) is 16.1 Å². The Labute approximate surface area is 114 Å². The van der Waals surface area contributed by atoms with E-state index in [1.165, 1.54) is 0 Å². The topological polar surface area (TPSA) is 53.1 Å². The summed E-state index contributed by atoms with van der Waals surface area (Å²) in [6, 6.07) is 12.2. The molecule has 0 fully saturated rings. The summed E-state index contributed by atoms with van der Waals surface area (Å²) in [4.78, 5) is 14.0. The molecule has 0 spiro atoms. The molecule has 0 unspecified atom stereocenters. The number of nitrogens with one attached hydrogen (secondary N) is 1. The monoisotopic (exact) mass is 269 g/mol. The summed E-state index contributed by atoms with van der Waals surface area (Å²) in [5, 5.41) is 9.90. The van der Waals surface area contributed by atoms with E-state index in [0.29, 0.717) is 5.56 Å². The number of carboxylic acid groups (broad SMARTS) is 1. The summed E-state index contributed by atoms with van der Waals surface area (Å²) < 4.78 is 12.7. The van der Waals surface area contributed by atoms with Crippen LogP contribution in [0.5, 0.6) is 0 Å². The van der Waals surface area contributed by atoms with E-state index in [0.717, 1.165) is 22.0 Å². The van der Waals surface area contributed by atoms with Gasteiger partial charge in [0.05, 0.1) is 5.56 Å². The number of hydrogen-bond acceptors (Lipinski definition) is 1. The highest BCUT2D eigenvalue weighted by molar-refractivity contribution is 5.99. The highest BCUT2D eigenvalue weighted by Crippen LogP contribution is 2.29. The van der Waals surface area contributed by atoms with Gasteiger partial charge in [-0.2, -0.15) is 0 Å². The number of rotatable bonds is 3. The van der Waals surface area contributed by atoms with Crippen molar-refractivity contribution in [1.82, 2.24) is 4.98 Å². The Morgan fingerprint density at radius 2 is 2.05 bits per heavy atom. The van der Waals surface area contributed by atoms with Crippen LogP contribution in [0.3, 0.4) is 0 Å². The Morgan fingerprint density at radius 3 is 2.80 bits per heavy atom. The number of hydrogen-bond donors (Lipinski definition) is 2. The third-order valence-corrected chi connectivity index (χ3v) is 3.32. The number of fused-ring (bicyclic) bond motifs is 1. The van der Waals surface area contributed by atoms with Gasteiger partial charge in [-0.25, -0.2) is 9.18 Å². The standard InChI is InChI=1S/C16H12FNO2/c17-8-10-2-1-3-11(6-10)14-9-18-15-7-12(16(19)20)4-5-13(14)15/h1-7,9,18H,8H2,(H,19,20). The number of aromatic nitrogens is 1. The van der Waals surface area contributed by atoms with Crippen molar-refractivity contribution < 1.29 is 14.3 Å². The molecular formula is C16H12FNO2. The molecule has 0 saturated carbocycles. The number of benzene rings is 2. The molecule has 3 nitrogen and oxygen atoms in total. The summed E-state index contributed by atoms with van der Waals surface area (Å²) in [5.41, 5.74) is 3.47. The van der Waals surface area contributed by atoms with Crippen LogP contribution >= 0.6 is 0 Å². The van der Waals surface area contributed by atoms with Crippen molar-refractivity contribution in [2.75, 3.05) is 0 Å². The first-order chi connectivity index (χ1) is 9.69. The predicted molar refractivity (Wildman–Crippen MR) is 75.5 cm³/mol. The Kier molecular flexibility index (Phi) is 2.99. The fraction of sp³-hybridized carbons (Fsp3) is 0.0625. The minimum Gasteiger partial charge on any atom is -0.478 e. The van der Waals surface area contributed by atoms with Gasteiger partial charge in [0.2, 0.25) is 0 Å². The lowest BCUT2D eigenvalue weighted by molar-refractivity contribution is 0.0697. The van der Waals surface area contributed by atoms with Crippen molar-refractivity contribution in [2.24, 2.45) is 0 Å². The van der Waals surface area contributed by atoms with E-state index in [1.807, 2.05) is 18.3 Å². The fourth-order valence-electron chi connectivity index (χ4n) is 2.32. The molecule has 1 aromatic heterocycles. The van der Waals surface area contributed by atoms with Crippen LogP contribution in [0.4, 0.5) is 4.39 Å². The van der Waals surface area contributed by atoms with Gasteiger partial charge < -0.3 is 10.1 Å². The highest BCUT2D eigenvalue weighted by Gasteiger charge is 2.09. The molecule has 0 bridgehead atoms. The van der Waals surface area contributed by atoms with Crippen molar-refractivity contribution in [2.45, 2.75) is 6.67 Å². The van der Waals surface area contributed by atoms with Gasteiger partial charge in [-0.1, -0.05) is 24.3 Å². The molecule has 0 aliphatic rings. The van der Waals surface area contributed by atoms with Crippen LogP contribution in [0.15, 0.2) is 48.7 Å². The first-order valence-corrected chi connectivity index (χ1v) is 6.19. The molecule has 2 N–H and O–H groups in total. The Balaban J connectivity index is 2.14. The van der Waals surface area contributed by atoms with E-state index in [-0.39, 0.29) is 5.56 Å². The molecule has 0 saturated heterocycles. The first kappa shape index (κ1) is 12.4. The van der Waals surface area contributed by atoms with Gasteiger partial charge in [0.15, 0.2) is 0 Å². The number of aromatic amines is 1. The molecule has 100 valence electrons. The van der Waals surface area contributed by atoms with Crippen LogP contribution < -0.4 is 0 Å². The van der Waals surface area contributed by atoms with Crippen LogP contribution in [-0.2, 0) is 6.67 Å². The fourth-order valence-corrected chi connectivity index (χ4v) is 2.32. The molecule has 1 heterocycles. The lowest BCUT2D eigenvalue weighted by Gasteiger charge is -2.02. The molecule has 3 aromatic rings. The second-order valence-electron chi connectivity index (χ2n) is 4.60. The molecule has 2 aromatic carbocycles. The maximum Gasteiger partial charge on any atom is 0.335 e. The number of aromatic carboxylic acids is 1. The zero-order valence-corrected chi connectivity index (χ0v) is 10.6. The second kappa shape index (κ2) is 4.81. The maximum absolute atomic E-state index is 12.7. The number of H-pyrrole nitrogens is 1. The third-order valence-electron chi connectivity index (χ3n) is 3.32. The van der Waals surface area contributed by atoms with E-state index < -0.39 is 12.6 Å². The molecular weight excluding hydrogens is 257 g/mol. The number of halogens is 1. The maximum atomic E-state index is 12.7. The first-order valence-electron chi connectivity index (χ1n) is 6.19. The number of carboxylic acids is 1. The van der Waals surface area contributed by atoms with Gasteiger partial charge in [-0.3, -0.25) is 0 Å². The number of alkyl halides is 1. The second-order valence-corrected chi connectivity index (χ2v) is 4.60. The predicted octanol–water partition coefficient (Wildman–Crippen LogP) is 4.00. The normalized spacial score (nSPS) is 10.8. The molecule has 0 amide bonds. The SMILES string of the molecule is O=C(O)c1ccc2c(-c3cccc(CF)c3)c[nH]c2c1. The van der Waals surface area contributed by atoms with Gasteiger partial charge in [0.25, 0.3) is 0 Å². The van der Waals surface area contributed by atoms with E-state index in [9.17, 15) is 9.18 Å². The van der Waals surface area contributed by atoms with Gasteiger partial charge >= 0.3 is 5.97 Å². The summed E-state index contributed by atoms with van der Waals surface area (Å²) >= 11 is 0. The van der Waals surface area contributed by atoms with Gasteiger partial charge in [-0.05, 0) is 29.3 Å². The molecule has 0 aliphatic heterocycles. The van der Waals surface area contributed by atoms with Crippen molar-refractivity contribution in [3.05, 3.63) is 59.8 Å².